The lowest BCUT2D eigenvalue weighted by molar-refractivity contribution is -0.118. The number of rotatable bonds is 5. The summed E-state index contributed by atoms with van der Waals surface area (Å²) in [5.41, 5.74) is 0. The quantitative estimate of drug-likeness (QED) is 0.772. The number of thiophene rings is 1. The Morgan fingerprint density at radius 2 is 2.25 bits per heavy atom. The number of hydrogen-bond acceptors (Lipinski definition) is 3. The summed E-state index contributed by atoms with van der Waals surface area (Å²) in [6.07, 6.45) is 4.51. The number of carboxylic acids is 1. The van der Waals surface area contributed by atoms with Crippen LogP contribution in [0.15, 0.2) is 18.2 Å². The minimum atomic E-state index is -0.900. The van der Waals surface area contributed by atoms with E-state index < -0.39 is 5.97 Å². The highest BCUT2D eigenvalue weighted by Gasteiger charge is 2.04. The van der Waals surface area contributed by atoms with Crippen molar-refractivity contribution in [3.05, 3.63) is 28.0 Å². The van der Waals surface area contributed by atoms with E-state index in [1.54, 1.807) is 12.1 Å². The topological polar surface area (TPSA) is 66.4 Å². The molecule has 16 heavy (non-hydrogen) atoms. The van der Waals surface area contributed by atoms with Crippen LogP contribution in [0.2, 0.25) is 0 Å². The monoisotopic (exact) mass is 239 g/mol. The summed E-state index contributed by atoms with van der Waals surface area (Å²) in [6.45, 7) is 2.07. The molecule has 1 amide bonds. The van der Waals surface area contributed by atoms with E-state index in [4.69, 9.17) is 5.11 Å². The van der Waals surface area contributed by atoms with Crippen LogP contribution in [0.1, 0.15) is 27.9 Å². The third-order valence-corrected chi connectivity index (χ3v) is 2.84. The van der Waals surface area contributed by atoms with E-state index in [2.05, 4.69) is 5.32 Å². The second-order valence-electron chi connectivity index (χ2n) is 3.18. The number of hydrogen-bond donors (Lipinski definition) is 2. The molecule has 1 aromatic rings. The van der Waals surface area contributed by atoms with Crippen LogP contribution >= 0.6 is 11.3 Å². The van der Waals surface area contributed by atoms with E-state index >= 15 is 0 Å². The summed E-state index contributed by atoms with van der Waals surface area (Å²) in [5.74, 6) is -0.944. The molecular formula is C11H13NO3S. The Balaban J connectivity index is 2.38. The summed E-state index contributed by atoms with van der Waals surface area (Å²) < 4.78 is 0. The lowest BCUT2D eigenvalue weighted by Crippen LogP contribution is -2.20. The van der Waals surface area contributed by atoms with Crippen LogP contribution in [-0.2, 0) is 4.79 Å². The first-order valence-electron chi connectivity index (χ1n) is 4.83. The summed E-state index contributed by atoms with van der Waals surface area (Å²) in [7, 11) is 0. The van der Waals surface area contributed by atoms with Gasteiger partial charge in [-0.15, -0.1) is 11.3 Å². The summed E-state index contributed by atoms with van der Waals surface area (Å²) in [5, 5.41) is 11.4. The SMILES string of the molecule is CC(=O)NCCC=Cc1ccc(C(=O)O)s1. The van der Waals surface area contributed by atoms with E-state index in [-0.39, 0.29) is 5.91 Å². The molecule has 0 atom stereocenters. The number of carbonyl (C=O) groups excluding carboxylic acids is 1. The largest absolute Gasteiger partial charge is 0.477 e. The maximum absolute atomic E-state index is 10.6. The van der Waals surface area contributed by atoms with Gasteiger partial charge in [-0.2, -0.15) is 0 Å². The zero-order chi connectivity index (χ0) is 12.0. The molecule has 86 valence electrons. The number of amides is 1. The molecule has 1 heterocycles. The number of aromatic carboxylic acids is 1. The number of carboxylic acid groups (broad SMARTS) is 1. The molecule has 5 heteroatoms. The van der Waals surface area contributed by atoms with Gasteiger partial charge in [0, 0.05) is 18.3 Å². The van der Waals surface area contributed by atoms with Gasteiger partial charge in [-0.05, 0) is 24.6 Å². The predicted molar refractivity (Wildman–Crippen MR) is 63.6 cm³/mol. The summed E-state index contributed by atoms with van der Waals surface area (Å²) >= 11 is 1.23. The van der Waals surface area contributed by atoms with E-state index in [1.165, 1.54) is 18.3 Å². The molecule has 0 saturated carbocycles. The fraction of sp³-hybridized carbons (Fsp3) is 0.273. The Labute approximate surface area is 97.6 Å². The van der Waals surface area contributed by atoms with Gasteiger partial charge in [0.25, 0.3) is 0 Å². The highest BCUT2D eigenvalue weighted by atomic mass is 32.1. The van der Waals surface area contributed by atoms with Gasteiger partial charge in [-0.25, -0.2) is 4.79 Å². The van der Waals surface area contributed by atoms with Gasteiger partial charge in [-0.1, -0.05) is 6.08 Å². The zero-order valence-corrected chi connectivity index (χ0v) is 9.71. The Morgan fingerprint density at radius 1 is 1.50 bits per heavy atom. The van der Waals surface area contributed by atoms with Crippen molar-refractivity contribution in [2.75, 3.05) is 6.54 Å². The minimum absolute atomic E-state index is 0.0438. The fourth-order valence-corrected chi connectivity index (χ4v) is 1.87. The minimum Gasteiger partial charge on any atom is -0.477 e. The Bertz CT molecular complexity index is 409. The van der Waals surface area contributed by atoms with Gasteiger partial charge in [0.2, 0.25) is 5.91 Å². The molecule has 0 radical (unpaired) electrons. The molecule has 0 fully saturated rings. The van der Waals surface area contributed by atoms with Crippen LogP contribution in [0.4, 0.5) is 0 Å². The first-order chi connectivity index (χ1) is 7.59. The molecule has 0 aliphatic rings. The van der Waals surface area contributed by atoms with Crippen LogP contribution in [0.3, 0.4) is 0 Å². The highest BCUT2D eigenvalue weighted by molar-refractivity contribution is 7.14. The molecule has 0 spiro atoms. The third-order valence-electron chi connectivity index (χ3n) is 1.80. The Morgan fingerprint density at radius 3 is 2.81 bits per heavy atom. The van der Waals surface area contributed by atoms with Gasteiger partial charge in [0.15, 0.2) is 0 Å². The second-order valence-corrected chi connectivity index (χ2v) is 4.30. The average molecular weight is 239 g/mol. The van der Waals surface area contributed by atoms with Crippen LogP contribution < -0.4 is 5.32 Å². The smallest absolute Gasteiger partial charge is 0.345 e. The Kier molecular flexibility index (Phi) is 4.72. The number of nitrogens with one attached hydrogen (secondary N) is 1. The van der Waals surface area contributed by atoms with E-state index in [0.717, 1.165) is 11.3 Å². The standard InChI is InChI=1S/C11H13NO3S/c1-8(13)12-7-3-2-4-9-5-6-10(16-9)11(14)15/h2,4-6H,3,7H2,1H3,(H,12,13)(H,14,15). The van der Waals surface area contributed by atoms with Crippen molar-refractivity contribution in [3.8, 4) is 0 Å². The molecule has 2 N–H and O–H groups in total. The van der Waals surface area contributed by atoms with Crippen LogP contribution in [0.25, 0.3) is 6.08 Å². The maximum atomic E-state index is 10.6. The molecule has 0 aromatic carbocycles. The molecular weight excluding hydrogens is 226 g/mol. The van der Waals surface area contributed by atoms with Crippen LogP contribution in [0.5, 0.6) is 0 Å². The van der Waals surface area contributed by atoms with Crippen LogP contribution in [-0.4, -0.2) is 23.5 Å². The first-order valence-corrected chi connectivity index (χ1v) is 5.65. The molecule has 0 saturated heterocycles. The summed E-state index contributed by atoms with van der Waals surface area (Å²) in [4.78, 5) is 22.4. The fourth-order valence-electron chi connectivity index (χ4n) is 1.09. The molecule has 1 aromatic heterocycles. The third kappa shape index (κ3) is 4.27. The highest BCUT2D eigenvalue weighted by Crippen LogP contribution is 2.17. The van der Waals surface area contributed by atoms with Crippen molar-refractivity contribution in [2.24, 2.45) is 0 Å². The molecule has 4 nitrogen and oxygen atoms in total. The van der Waals surface area contributed by atoms with Gasteiger partial charge in [0.05, 0.1) is 0 Å². The van der Waals surface area contributed by atoms with E-state index in [1.807, 2.05) is 12.2 Å². The molecule has 0 aliphatic heterocycles. The van der Waals surface area contributed by atoms with Crippen molar-refractivity contribution < 1.29 is 14.7 Å². The van der Waals surface area contributed by atoms with Gasteiger partial charge < -0.3 is 10.4 Å². The van der Waals surface area contributed by atoms with Gasteiger partial charge in [0.1, 0.15) is 4.88 Å². The molecule has 1 rings (SSSR count). The van der Waals surface area contributed by atoms with Crippen molar-refractivity contribution in [1.82, 2.24) is 5.32 Å². The van der Waals surface area contributed by atoms with Crippen molar-refractivity contribution in [2.45, 2.75) is 13.3 Å². The zero-order valence-electron chi connectivity index (χ0n) is 8.90. The van der Waals surface area contributed by atoms with Gasteiger partial charge in [-0.3, -0.25) is 4.79 Å². The lowest BCUT2D eigenvalue weighted by Gasteiger charge is -1.95. The summed E-state index contributed by atoms with van der Waals surface area (Å²) in [6, 6.07) is 3.35. The predicted octanol–water partition coefficient (Wildman–Crippen LogP) is 1.99. The van der Waals surface area contributed by atoms with Gasteiger partial charge >= 0.3 is 5.97 Å². The average Bonchev–Trinajstić information content (AvgIpc) is 2.65. The second kappa shape index (κ2) is 6.07. The molecule has 0 unspecified atom stereocenters. The van der Waals surface area contributed by atoms with Crippen molar-refractivity contribution in [3.63, 3.8) is 0 Å². The first kappa shape index (κ1) is 12.4. The van der Waals surface area contributed by atoms with Crippen LogP contribution in [0, 0.1) is 0 Å². The van der Waals surface area contributed by atoms with E-state index in [9.17, 15) is 9.59 Å². The van der Waals surface area contributed by atoms with E-state index in [0.29, 0.717) is 11.4 Å². The van der Waals surface area contributed by atoms with Crippen molar-refractivity contribution in [1.29, 1.82) is 0 Å². The normalized spacial score (nSPS) is 10.6. The maximum Gasteiger partial charge on any atom is 0.345 e. The Hall–Kier alpha value is -1.62. The lowest BCUT2D eigenvalue weighted by atomic mass is 10.3. The van der Waals surface area contributed by atoms with Crippen molar-refractivity contribution >= 4 is 29.3 Å². The molecule has 0 bridgehead atoms. The molecule has 0 aliphatic carbocycles. The number of carbonyl (C=O) groups is 2.